The summed E-state index contributed by atoms with van der Waals surface area (Å²) in [5.41, 5.74) is 3.28. The lowest BCUT2D eigenvalue weighted by molar-refractivity contribution is 0.0923. The van der Waals surface area contributed by atoms with Gasteiger partial charge in [0.2, 0.25) is 0 Å². The Morgan fingerprint density at radius 3 is 2.41 bits per heavy atom. The van der Waals surface area contributed by atoms with Crippen molar-refractivity contribution >= 4 is 11.7 Å². The van der Waals surface area contributed by atoms with Crippen LogP contribution in [0.25, 0.3) is 11.3 Å². The minimum Gasteiger partial charge on any atom is -0.451 e. The van der Waals surface area contributed by atoms with Gasteiger partial charge in [-0.05, 0) is 44.5 Å². The second-order valence-corrected chi connectivity index (χ2v) is 6.42. The first kappa shape index (κ1) is 18.4. The smallest absolute Gasteiger partial charge is 0.287 e. The molecule has 0 fully saturated rings. The number of aromatic amines is 1. The quantitative estimate of drug-likeness (QED) is 0.679. The Bertz CT molecular complexity index is 1060. The van der Waals surface area contributed by atoms with Gasteiger partial charge in [0.1, 0.15) is 5.76 Å². The number of aryl methyl sites for hydroxylation is 2. The molecule has 0 radical (unpaired) electrons. The lowest BCUT2D eigenvalue weighted by Crippen LogP contribution is -2.27. The second-order valence-electron chi connectivity index (χ2n) is 6.42. The summed E-state index contributed by atoms with van der Waals surface area (Å²) in [6.07, 6.45) is 0. The molecule has 1 amide bonds. The Kier molecular flexibility index (Phi) is 5.07. The van der Waals surface area contributed by atoms with E-state index in [9.17, 15) is 14.4 Å². The number of carbonyl (C=O) groups is 2. The molecular weight excluding hydrogens is 344 g/mol. The fourth-order valence-corrected chi connectivity index (χ4v) is 2.84. The van der Waals surface area contributed by atoms with Crippen LogP contribution in [-0.2, 0) is 6.54 Å². The van der Waals surface area contributed by atoms with Crippen molar-refractivity contribution in [3.8, 4) is 11.3 Å². The summed E-state index contributed by atoms with van der Waals surface area (Å²) in [6, 6.07) is 12.1. The normalized spacial score (nSPS) is 10.6. The average molecular weight is 364 g/mol. The number of hydrogen-bond acceptors (Lipinski definition) is 4. The van der Waals surface area contributed by atoms with E-state index in [0.717, 1.165) is 16.8 Å². The number of carbonyl (C=O) groups excluding carboxylic acids is 2. The Morgan fingerprint density at radius 1 is 1.07 bits per heavy atom. The van der Waals surface area contributed by atoms with Gasteiger partial charge in [0, 0.05) is 28.9 Å². The lowest BCUT2D eigenvalue weighted by Gasteiger charge is -2.07. The van der Waals surface area contributed by atoms with Gasteiger partial charge in [-0.2, -0.15) is 0 Å². The fourth-order valence-electron chi connectivity index (χ4n) is 2.84. The molecule has 0 bridgehead atoms. The van der Waals surface area contributed by atoms with Crippen LogP contribution < -0.4 is 10.9 Å². The van der Waals surface area contributed by atoms with Crippen molar-refractivity contribution in [1.82, 2.24) is 10.3 Å². The highest BCUT2D eigenvalue weighted by Gasteiger charge is 2.14. The van der Waals surface area contributed by atoms with Crippen molar-refractivity contribution in [2.75, 3.05) is 0 Å². The second kappa shape index (κ2) is 7.45. The molecule has 138 valence electrons. The van der Waals surface area contributed by atoms with Gasteiger partial charge in [-0.25, -0.2) is 0 Å². The van der Waals surface area contributed by atoms with Crippen molar-refractivity contribution in [2.45, 2.75) is 27.3 Å². The highest BCUT2D eigenvalue weighted by molar-refractivity contribution is 5.94. The number of furan rings is 1. The standard InChI is InChI=1S/C21H20N2O4/c1-12-10-13(2)23-20(25)17(12)11-22-21(26)19-9-8-18(27-19)16-6-4-15(5-7-16)14(3)24/h4-10H,11H2,1-3H3,(H,22,26)(H,23,25). The molecule has 2 N–H and O–H groups in total. The summed E-state index contributed by atoms with van der Waals surface area (Å²) in [4.78, 5) is 38.4. The molecule has 27 heavy (non-hydrogen) atoms. The zero-order valence-electron chi connectivity index (χ0n) is 15.4. The molecule has 6 heteroatoms. The number of amides is 1. The third-order valence-electron chi connectivity index (χ3n) is 4.33. The molecule has 6 nitrogen and oxygen atoms in total. The van der Waals surface area contributed by atoms with Crippen molar-refractivity contribution < 1.29 is 14.0 Å². The molecule has 0 aliphatic carbocycles. The topological polar surface area (TPSA) is 92.2 Å². The number of Topliss-reactive ketones (excluding diaryl/α,β-unsaturated/α-hetero) is 1. The molecular formula is C21H20N2O4. The molecule has 2 aromatic heterocycles. The van der Waals surface area contributed by atoms with E-state index in [1.165, 1.54) is 6.92 Å². The van der Waals surface area contributed by atoms with Crippen LogP contribution in [0.3, 0.4) is 0 Å². The highest BCUT2D eigenvalue weighted by atomic mass is 16.3. The number of nitrogens with one attached hydrogen (secondary N) is 2. The molecule has 3 rings (SSSR count). The number of aromatic nitrogens is 1. The fraction of sp³-hybridized carbons (Fsp3) is 0.190. The first-order valence-corrected chi connectivity index (χ1v) is 8.54. The van der Waals surface area contributed by atoms with E-state index in [1.54, 1.807) is 36.4 Å². The van der Waals surface area contributed by atoms with Crippen LogP contribution in [0.4, 0.5) is 0 Å². The van der Waals surface area contributed by atoms with Gasteiger partial charge in [-0.1, -0.05) is 24.3 Å². The molecule has 0 aliphatic heterocycles. The molecule has 2 heterocycles. The molecule has 0 spiro atoms. The van der Waals surface area contributed by atoms with E-state index in [-0.39, 0.29) is 23.6 Å². The third-order valence-corrected chi connectivity index (χ3v) is 4.33. The number of H-pyrrole nitrogens is 1. The Hall–Kier alpha value is -3.41. The minimum atomic E-state index is -0.402. The Labute approximate surface area is 156 Å². The molecule has 0 unspecified atom stereocenters. The summed E-state index contributed by atoms with van der Waals surface area (Å²) < 4.78 is 5.62. The van der Waals surface area contributed by atoms with Crippen LogP contribution in [0.5, 0.6) is 0 Å². The molecule has 0 atom stereocenters. The monoisotopic (exact) mass is 364 g/mol. The molecule has 0 saturated carbocycles. The van der Waals surface area contributed by atoms with Crippen LogP contribution in [0.2, 0.25) is 0 Å². The summed E-state index contributed by atoms with van der Waals surface area (Å²) in [5, 5.41) is 2.71. The van der Waals surface area contributed by atoms with Gasteiger partial charge in [-0.15, -0.1) is 0 Å². The van der Waals surface area contributed by atoms with Gasteiger partial charge in [0.25, 0.3) is 11.5 Å². The predicted octanol–water partition coefficient (Wildman–Crippen LogP) is 3.38. The summed E-state index contributed by atoms with van der Waals surface area (Å²) in [7, 11) is 0. The van der Waals surface area contributed by atoms with E-state index < -0.39 is 5.91 Å². The highest BCUT2D eigenvalue weighted by Crippen LogP contribution is 2.22. The summed E-state index contributed by atoms with van der Waals surface area (Å²) >= 11 is 0. The summed E-state index contributed by atoms with van der Waals surface area (Å²) in [5.74, 6) is 0.268. The van der Waals surface area contributed by atoms with Crippen LogP contribution in [0.15, 0.2) is 51.7 Å². The number of rotatable bonds is 5. The van der Waals surface area contributed by atoms with Gasteiger partial charge in [-0.3, -0.25) is 14.4 Å². The number of hydrogen-bond donors (Lipinski definition) is 2. The van der Waals surface area contributed by atoms with E-state index in [0.29, 0.717) is 16.9 Å². The van der Waals surface area contributed by atoms with E-state index >= 15 is 0 Å². The van der Waals surface area contributed by atoms with Crippen LogP contribution in [0.1, 0.15) is 44.7 Å². The van der Waals surface area contributed by atoms with Crippen LogP contribution >= 0.6 is 0 Å². The zero-order valence-corrected chi connectivity index (χ0v) is 15.4. The Morgan fingerprint density at radius 2 is 1.78 bits per heavy atom. The molecule has 3 aromatic rings. The van der Waals surface area contributed by atoms with Gasteiger partial charge in [0.05, 0.1) is 0 Å². The minimum absolute atomic E-state index is 0.0116. The average Bonchev–Trinajstić information content (AvgIpc) is 3.11. The third kappa shape index (κ3) is 4.06. The van der Waals surface area contributed by atoms with E-state index in [2.05, 4.69) is 10.3 Å². The predicted molar refractivity (Wildman–Crippen MR) is 102 cm³/mol. The SMILES string of the molecule is CC(=O)c1ccc(-c2ccc(C(=O)NCc3c(C)cc(C)[nH]c3=O)o2)cc1. The molecule has 0 saturated heterocycles. The van der Waals surface area contributed by atoms with Gasteiger partial charge >= 0.3 is 0 Å². The van der Waals surface area contributed by atoms with Crippen LogP contribution in [-0.4, -0.2) is 16.7 Å². The maximum atomic E-state index is 12.3. The summed E-state index contributed by atoms with van der Waals surface area (Å²) in [6.45, 7) is 5.26. The first-order valence-electron chi connectivity index (χ1n) is 8.54. The maximum absolute atomic E-state index is 12.3. The maximum Gasteiger partial charge on any atom is 0.287 e. The zero-order chi connectivity index (χ0) is 19.6. The Balaban J connectivity index is 1.72. The van der Waals surface area contributed by atoms with E-state index in [4.69, 9.17) is 4.42 Å². The van der Waals surface area contributed by atoms with Crippen molar-refractivity contribution in [3.05, 3.63) is 81.0 Å². The largest absolute Gasteiger partial charge is 0.451 e. The van der Waals surface area contributed by atoms with Crippen LogP contribution in [0, 0.1) is 13.8 Å². The number of pyridine rings is 1. The van der Waals surface area contributed by atoms with Crippen molar-refractivity contribution in [1.29, 1.82) is 0 Å². The molecule has 0 aliphatic rings. The molecule has 1 aromatic carbocycles. The first-order chi connectivity index (χ1) is 12.8. The van der Waals surface area contributed by atoms with Crippen molar-refractivity contribution in [2.24, 2.45) is 0 Å². The number of benzene rings is 1. The van der Waals surface area contributed by atoms with E-state index in [1.807, 2.05) is 19.9 Å². The number of ketones is 1. The van der Waals surface area contributed by atoms with Gasteiger partial charge in [0.15, 0.2) is 11.5 Å². The lowest BCUT2D eigenvalue weighted by atomic mass is 10.1. The van der Waals surface area contributed by atoms with Gasteiger partial charge < -0.3 is 14.7 Å². The van der Waals surface area contributed by atoms with Crippen molar-refractivity contribution in [3.63, 3.8) is 0 Å².